The number of benzene rings is 1. The number of piperazine rings is 1. The Hall–Kier alpha value is -2.95. The molecule has 1 N–H and O–H groups in total. The molecule has 0 saturated carbocycles. The number of carbonyl (C=O) groups excluding carboxylic acids is 1. The highest BCUT2D eigenvalue weighted by atomic mass is 19.4. The molecule has 43 heavy (non-hydrogen) atoms. The van der Waals surface area contributed by atoms with Gasteiger partial charge in [0.15, 0.2) is 0 Å². The molecule has 1 atom stereocenters. The lowest BCUT2D eigenvalue weighted by Gasteiger charge is -2.40. The lowest BCUT2D eigenvalue weighted by atomic mass is 9.99. The van der Waals surface area contributed by atoms with Crippen molar-refractivity contribution in [2.24, 2.45) is 0 Å². The maximum absolute atomic E-state index is 13.6. The van der Waals surface area contributed by atoms with E-state index in [1.807, 2.05) is 9.80 Å². The Bertz CT molecular complexity index is 1130. The number of halogens is 9. The van der Waals surface area contributed by atoms with E-state index in [9.17, 15) is 54.2 Å². The van der Waals surface area contributed by atoms with E-state index in [4.69, 9.17) is 0 Å². The van der Waals surface area contributed by atoms with Crippen molar-refractivity contribution in [2.75, 3.05) is 50.7 Å². The zero-order valence-corrected chi connectivity index (χ0v) is 22.8. The third kappa shape index (κ3) is 7.96. The molecule has 0 spiro atoms. The molecular formula is C26H31F9N4O4. The number of anilines is 1. The van der Waals surface area contributed by atoms with E-state index >= 15 is 0 Å². The molecule has 17 heteroatoms. The summed E-state index contributed by atoms with van der Waals surface area (Å²) in [5.41, 5.74) is 0.0149. The summed E-state index contributed by atoms with van der Waals surface area (Å²) >= 11 is 0. The summed E-state index contributed by atoms with van der Waals surface area (Å²) in [6.07, 6.45) is -19.9. The maximum Gasteiger partial charge on any atom is 0.434 e. The van der Waals surface area contributed by atoms with Gasteiger partial charge in [-0.05, 0) is 49.9 Å². The van der Waals surface area contributed by atoms with Crippen LogP contribution in [0.1, 0.15) is 36.8 Å². The molecule has 3 fully saturated rings. The summed E-state index contributed by atoms with van der Waals surface area (Å²) < 4.78 is 121. The van der Waals surface area contributed by atoms with Crippen LogP contribution in [0.25, 0.3) is 0 Å². The lowest BCUT2D eigenvalue weighted by Crippen LogP contribution is -2.52. The average Bonchev–Trinajstić information content (AvgIpc) is 3.41. The second-order valence-corrected chi connectivity index (χ2v) is 10.9. The molecule has 1 aromatic carbocycles. The number of rotatable bonds is 6. The van der Waals surface area contributed by atoms with Gasteiger partial charge in [-0.3, -0.25) is 14.6 Å². The molecule has 242 valence electrons. The highest BCUT2D eigenvalue weighted by Crippen LogP contribution is 2.37. The van der Waals surface area contributed by atoms with Crippen molar-refractivity contribution in [3.8, 4) is 0 Å². The van der Waals surface area contributed by atoms with Crippen LogP contribution in [0.5, 0.6) is 0 Å². The summed E-state index contributed by atoms with van der Waals surface area (Å²) in [6, 6.07) is 2.73. The van der Waals surface area contributed by atoms with E-state index in [0.29, 0.717) is 50.1 Å². The van der Waals surface area contributed by atoms with Gasteiger partial charge in [-0.2, -0.15) is 39.5 Å². The van der Waals surface area contributed by atoms with Gasteiger partial charge in [0.25, 0.3) is 6.10 Å². The van der Waals surface area contributed by atoms with Crippen LogP contribution in [0.2, 0.25) is 0 Å². The minimum Gasteiger partial charge on any atom is -0.480 e. The summed E-state index contributed by atoms with van der Waals surface area (Å²) in [7, 11) is 0. The van der Waals surface area contributed by atoms with E-state index in [-0.39, 0.29) is 38.8 Å². The number of hydrogen-bond acceptors (Lipinski definition) is 6. The third-order valence-electron chi connectivity index (χ3n) is 8.10. The Labute approximate surface area is 240 Å². The zero-order chi connectivity index (χ0) is 31.7. The molecular weight excluding hydrogens is 603 g/mol. The number of carboxylic acid groups (broad SMARTS) is 1. The number of amides is 1. The number of carboxylic acids is 1. The SMILES string of the molecule is O=C(O)C1CCCN1C1CCN(c2cc(C(F)(F)F)ccc2CN2CCN(C(=O)OC(C(F)(F)F)C(F)(F)F)CC2)CC1. The van der Waals surface area contributed by atoms with Crippen LogP contribution in [0.4, 0.5) is 50.0 Å². The number of piperidine rings is 1. The number of nitrogens with zero attached hydrogens (tertiary/aromatic N) is 4. The van der Waals surface area contributed by atoms with Crippen molar-refractivity contribution >= 4 is 17.7 Å². The quantitative estimate of drug-likeness (QED) is 0.443. The minimum atomic E-state index is -5.84. The van der Waals surface area contributed by atoms with Crippen molar-refractivity contribution < 1.29 is 58.9 Å². The fraction of sp³-hybridized carbons (Fsp3) is 0.692. The molecule has 3 saturated heterocycles. The molecule has 3 heterocycles. The highest BCUT2D eigenvalue weighted by Gasteiger charge is 2.60. The molecule has 1 amide bonds. The van der Waals surface area contributed by atoms with Crippen LogP contribution in [0, 0.1) is 0 Å². The topological polar surface area (TPSA) is 76.6 Å². The van der Waals surface area contributed by atoms with Gasteiger partial charge < -0.3 is 19.6 Å². The summed E-state index contributed by atoms with van der Waals surface area (Å²) in [4.78, 5) is 29.9. The largest absolute Gasteiger partial charge is 0.480 e. The van der Waals surface area contributed by atoms with Crippen LogP contribution in [-0.4, -0.2) is 108 Å². The van der Waals surface area contributed by atoms with E-state index in [1.54, 1.807) is 4.90 Å². The van der Waals surface area contributed by atoms with Crippen LogP contribution in [-0.2, 0) is 22.3 Å². The number of carbonyl (C=O) groups is 2. The molecule has 1 aromatic rings. The fourth-order valence-corrected chi connectivity index (χ4v) is 5.92. The van der Waals surface area contributed by atoms with Crippen molar-refractivity contribution in [2.45, 2.75) is 68.9 Å². The smallest absolute Gasteiger partial charge is 0.434 e. The fourth-order valence-electron chi connectivity index (χ4n) is 5.92. The van der Waals surface area contributed by atoms with E-state index < -0.39 is 48.3 Å². The predicted octanol–water partition coefficient (Wildman–Crippen LogP) is 4.97. The Balaban J connectivity index is 1.41. The summed E-state index contributed by atoms with van der Waals surface area (Å²) in [6.45, 7) is 1.12. The normalized spacial score (nSPS) is 22.0. The Kier molecular flexibility index (Phi) is 9.64. The molecule has 0 aromatic heterocycles. The van der Waals surface area contributed by atoms with Crippen molar-refractivity contribution in [1.29, 1.82) is 0 Å². The van der Waals surface area contributed by atoms with Gasteiger partial charge >= 0.3 is 30.6 Å². The van der Waals surface area contributed by atoms with Crippen LogP contribution in [0.15, 0.2) is 18.2 Å². The predicted molar refractivity (Wildman–Crippen MR) is 133 cm³/mol. The van der Waals surface area contributed by atoms with Gasteiger partial charge in [0.1, 0.15) is 6.04 Å². The lowest BCUT2D eigenvalue weighted by molar-refractivity contribution is -0.308. The second kappa shape index (κ2) is 12.6. The first kappa shape index (κ1) is 33.0. The molecule has 0 aliphatic carbocycles. The number of alkyl halides is 9. The van der Waals surface area contributed by atoms with Gasteiger partial charge in [0.2, 0.25) is 0 Å². The van der Waals surface area contributed by atoms with Crippen molar-refractivity contribution in [3.05, 3.63) is 29.3 Å². The number of hydrogen-bond donors (Lipinski definition) is 1. The van der Waals surface area contributed by atoms with E-state index in [2.05, 4.69) is 4.74 Å². The van der Waals surface area contributed by atoms with Gasteiger partial charge in [-0.15, -0.1) is 0 Å². The second-order valence-electron chi connectivity index (χ2n) is 10.9. The first-order valence-corrected chi connectivity index (χ1v) is 13.7. The number of aliphatic carboxylic acids is 1. The van der Waals surface area contributed by atoms with Gasteiger partial charge in [0, 0.05) is 57.5 Å². The zero-order valence-electron chi connectivity index (χ0n) is 22.8. The Morgan fingerprint density at radius 3 is 2.00 bits per heavy atom. The first-order chi connectivity index (χ1) is 19.9. The molecule has 3 aliphatic rings. The number of ether oxygens (including phenoxy) is 1. The standard InChI is InChI=1S/C26H31F9N4O4/c27-24(28,29)17-4-3-16(20(14-17)37-8-5-18(6-9-37)39-7-1-2-19(39)21(40)41)15-36-10-12-38(13-11-36)23(42)43-22(25(30,31)32)26(33,34)35/h3-4,14,18-19,22H,1-2,5-13,15H2,(H,40,41). The van der Waals surface area contributed by atoms with Gasteiger partial charge in [-0.1, -0.05) is 6.07 Å². The average molecular weight is 635 g/mol. The minimum absolute atomic E-state index is 0.0174. The Morgan fingerprint density at radius 2 is 1.47 bits per heavy atom. The van der Waals surface area contributed by atoms with E-state index in [1.165, 1.54) is 6.07 Å². The molecule has 8 nitrogen and oxygen atoms in total. The first-order valence-electron chi connectivity index (χ1n) is 13.7. The van der Waals surface area contributed by atoms with Crippen LogP contribution >= 0.6 is 0 Å². The summed E-state index contributed by atoms with van der Waals surface area (Å²) in [5.74, 6) is -0.894. The Morgan fingerprint density at radius 1 is 0.860 bits per heavy atom. The van der Waals surface area contributed by atoms with Gasteiger partial charge in [0.05, 0.1) is 5.56 Å². The van der Waals surface area contributed by atoms with Crippen LogP contribution in [0.3, 0.4) is 0 Å². The molecule has 0 bridgehead atoms. The molecule has 3 aliphatic heterocycles. The number of likely N-dealkylation sites (tertiary alicyclic amines) is 1. The third-order valence-corrected chi connectivity index (χ3v) is 8.10. The van der Waals surface area contributed by atoms with Crippen molar-refractivity contribution in [3.63, 3.8) is 0 Å². The van der Waals surface area contributed by atoms with Gasteiger partial charge in [-0.25, -0.2) is 4.79 Å². The van der Waals surface area contributed by atoms with Crippen LogP contribution < -0.4 is 4.90 Å². The monoisotopic (exact) mass is 634 g/mol. The highest BCUT2D eigenvalue weighted by molar-refractivity contribution is 5.74. The van der Waals surface area contributed by atoms with E-state index in [0.717, 1.165) is 23.5 Å². The summed E-state index contributed by atoms with van der Waals surface area (Å²) in [5, 5.41) is 9.51. The van der Waals surface area contributed by atoms with Crippen molar-refractivity contribution in [1.82, 2.24) is 14.7 Å². The maximum atomic E-state index is 13.6. The molecule has 4 rings (SSSR count). The molecule has 0 radical (unpaired) electrons. The molecule has 1 unspecified atom stereocenters.